The minimum absolute atomic E-state index is 0.218. The molecule has 0 bridgehead atoms. The highest BCUT2D eigenvalue weighted by Gasteiger charge is 2.11. The van der Waals surface area contributed by atoms with Crippen LogP contribution in [0.5, 0.6) is 5.75 Å². The second kappa shape index (κ2) is 9.96. The van der Waals surface area contributed by atoms with Crippen molar-refractivity contribution >= 4 is 23.5 Å². The Balaban J connectivity index is 1.66. The first-order valence-electron chi connectivity index (χ1n) is 8.42. The molecule has 2 N–H and O–H groups in total. The Labute approximate surface area is 157 Å². The van der Waals surface area contributed by atoms with E-state index in [0.717, 1.165) is 11.1 Å². The number of ether oxygens (including phenoxy) is 2. The summed E-state index contributed by atoms with van der Waals surface area (Å²) in [6, 6.07) is 14.4. The number of anilines is 1. The van der Waals surface area contributed by atoms with Crippen molar-refractivity contribution in [2.75, 3.05) is 25.1 Å². The predicted octanol–water partition coefficient (Wildman–Crippen LogP) is 1.98. The van der Waals surface area contributed by atoms with Crippen molar-refractivity contribution in [3.8, 4) is 5.75 Å². The number of para-hydroxylation sites is 1. The first-order chi connectivity index (χ1) is 13.0. The van der Waals surface area contributed by atoms with Gasteiger partial charge in [0.05, 0.1) is 6.54 Å². The largest absolute Gasteiger partial charge is 0.482 e. The molecule has 0 unspecified atom stereocenters. The summed E-state index contributed by atoms with van der Waals surface area (Å²) in [5.74, 6) is -1.08. The number of aryl methyl sites for hydroxylation is 1. The Bertz CT molecular complexity index is 805. The molecule has 0 saturated heterocycles. The van der Waals surface area contributed by atoms with Crippen molar-refractivity contribution in [1.29, 1.82) is 0 Å². The molecule has 0 radical (unpaired) electrons. The molecule has 0 aliphatic heterocycles. The molecule has 0 saturated carbocycles. The summed E-state index contributed by atoms with van der Waals surface area (Å²) in [5.41, 5.74) is 2.71. The van der Waals surface area contributed by atoms with Crippen LogP contribution in [0, 0.1) is 13.8 Å². The van der Waals surface area contributed by atoms with Gasteiger partial charge < -0.3 is 20.1 Å². The van der Waals surface area contributed by atoms with Crippen LogP contribution in [-0.2, 0) is 19.1 Å². The highest BCUT2D eigenvalue weighted by atomic mass is 16.6. The maximum Gasteiger partial charge on any atom is 0.344 e. The number of nitrogens with one attached hydrogen (secondary N) is 2. The van der Waals surface area contributed by atoms with Gasteiger partial charge in [0.2, 0.25) is 5.91 Å². The SMILES string of the molecule is Cc1cccc(NC(=O)CNC(=O)COC(=O)COc2ccccc2)c1C. The van der Waals surface area contributed by atoms with E-state index in [1.54, 1.807) is 30.3 Å². The zero-order chi connectivity index (χ0) is 19.6. The quantitative estimate of drug-likeness (QED) is 0.693. The summed E-state index contributed by atoms with van der Waals surface area (Å²) in [5, 5.41) is 5.13. The summed E-state index contributed by atoms with van der Waals surface area (Å²) < 4.78 is 10.0. The van der Waals surface area contributed by atoms with E-state index in [4.69, 9.17) is 9.47 Å². The summed E-state index contributed by atoms with van der Waals surface area (Å²) in [6.07, 6.45) is 0. The van der Waals surface area contributed by atoms with E-state index >= 15 is 0 Å². The summed E-state index contributed by atoms with van der Waals surface area (Å²) in [7, 11) is 0. The second-order valence-corrected chi connectivity index (χ2v) is 5.83. The van der Waals surface area contributed by atoms with Gasteiger partial charge >= 0.3 is 5.97 Å². The monoisotopic (exact) mass is 370 g/mol. The maximum atomic E-state index is 11.9. The Kier molecular flexibility index (Phi) is 7.37. The molecule has 2 rings (SSSR count). The highest BCUT2D eigenvalue weighted by Crippen LogP contribution is 2.17. The summed E-state index contributed by atoms with van der Waals surface area (Å²) >= 11 is 0. The van der Waals surface area contributed by atoms with Gasteiger partial charge in [-0.25, -0.2) is 4.79 Å². The van der Waals surface area contributed by atoms with Crippen molar-refractivity contribution in [1.82, 2.24) is 5.32 Å². The fourth-order valence-electron chi connectivity index (χ4n) is 2.16. The van der Waals surface area contributed by atoms with E-state index in [-0.39, 0.29) is 19.1 Å². The van der Waals surface area contributed by atoms with Gasteiger partial charge in [-0.15, -0.1) is 0 Å². The van der Waals surface area contributed by atoms with Crippen molar-refractivity contribution < 1.29 is 23.9 Å². The number of amides is 2. The summed E-state index contributed by atoms with van der Waals surface area (Å²) in [4.78, 5) is 35.2. The molecule has 0 aliphatic rings. The first kappa shape index (κ1) is 20.0. The van der Waals surface area contributed by atoms with E-state index < -0.39 is 18.5 Å². The lowest BCUT2D eigenvalue weighted by atomic mass is 10.1. The van der Waals surface area contributed by atoms with Crippen LogP contribution in [0.15, 0.2) is 48.5 Å². The summed E-state index contributed by atoms with van der Waals surface area (Å²) in [6.45, 7) is 2.85. The zero-order valence-electron chi connectivity index (χ0n) is 15.3. The van der Waals surface area contributed by atoms with Crippen molar-refractivity contribution in [3.05, 3.63) is 59.7 Å². The molecule has 0 fully saturated rings. The van der Waals surface area contributed by atoms with Crippen LogP contribution < -0.4 is 15.4 Å². The van der Waals surface area contributed by atoms with Gasteiger partial charge in [-0.1, -0.05) is 30.3 Å². The number of rotatable bonds is 8. The first-order valence-corrected chi connectivity index (χ1v) is 8.42. The van der Waals surface area contributed by atoms with Gasteiger partial charge in [-0.05, 0) is 43.2 Å². The third-order valence-electron chi connectivity index (χ3n) is 3.79. The molecule has 0 heterocycles. The molecular weight excluding hydrogens is 348 g/mol. The smallest absolute Gasteiger partial charge is 0.344 e. The third-order valence-corrected chi connectivity index (χ3v) is 3.79. The molecule has 7 heteroatoms. The predicted molar refractivity (Wildman–Crippen MR) is 100 cm³/mol. The number of hydrogen-bond donors (Lipinski definition) is 2. The standard InChI is InChI=1S/C20H22N2O5/c1-14-7-6-10-17(15(14)2)22-18(23)11-21-19(24)12-27-20(25)13-26-16-8-4-3-5-9-16/h3-10H,11-13H2,1-2H3,(H,21,24)(H,22,23). The molecule has 0 spiro atoms. The molecule has 142 valence electrons. The van der Waals surface area contributed by atoms with Crippen LogP contribution >= 0.6 is 0 Å². The molecule has 2 aromatic rings. The Morgan fingerprint density at radius 1 is 0.889 bits per heavy atom. The van der Waals surface area contributed by atoms with Gasteiger partial charge in [-0.2, -0.15) is 0 Å². The minimum Gasteiger partial charge on any atom is -0.482 e. The molecule has 2 amide bonds. The zero-order valence-corrected chi connectivity index (χ0v) is 15.3. The van der Waals surface area contributed by atoms with E-state index in [1.807, 2.05) is 32.0 Å². The number of benzene rings is 2. The lowest BCUT2D eigenvalue weighted by molar-refractivity contribution is -0.150. The van der Waals surface area contributed by atoms with Gasteiger partial charge in [-0.3, -0.25) is 9.59 Å². The Hall–Kier alpha value is -3.35. The van der Waals surface area contributed by atoms with Crippen molar-refractivity contribution in [3.63, 3.8) is 0 Å². The molecule has 0 atom stereocenters. The lowest BCUT2D eigenvalue weighted by Crippen LogP contribution is -2.36. The van der Waals surface area contributed by atoms with E-state index in [0.29, 0.717) is 11.4 Å². The van der Waals surface area contributed by atoms with Crippen LogP contribution in [0.3, 0.4) is 0 Å². The van der Waals surface area contributed by atoms with Crippen molar-refractivity contribution in [2.24, 2.45) is 0 Å². The van der Waals surface area contributed by atoms with Gasteiger partial charge in [0.15, 0.2) is 13.2 Å². The number of esters is 1. The molecule has 0 aliphatic carbocycles. The van der Waals surface area contributed by atoms with Gasteiger partial charge in [0, 0.05) is 5.69 Å². The molecule has 2 aromatic carbocycles. The highest BCUT2D eigenvalue weighted by molar-refractivity contribution is 5.95. The second-order valence-electron chi connectivity index (χ2n) is 5.83. The third kappa shape index (κ3) is 6.81. The normalized spacial score (nSPS) is 10.0. The van der Waals surface area contributed by atoms with E-state index in [2.05, 4.69) is 10.6 Å². The Morgan fingerprint density at radius 2 is 1.63 bits per heavy atom. The topological polar surface area (TPSA) is 93.7 Å². The van der Waals surface area contributed by atoms with Crippen LogP contribution in [0.1, 0.15) is 11.1 Å². The van der Waals surface area contributed by atoms with Crippen LogP contribution in [-0.4, -0.2) is 37.5 Å². The maximum absolute atomic E-state index is 11.9. The molecule has 27 heavy (non-hydrogen) atoms. The average molecular weight is 370 g/mol. The number of carbonyl (C=O) groups is 3. The molecule has 0 aromatic heterocycles. The average Bonchev–Trinajstić information content (AvgIpc) is 2.67. The minimum atomic E-state index is -0.672. The van der Waals surface area contributed by atoms with Crippen molar-refractivity contribution in [2.45, 2.75) is 13.8 Å². The lowest BCUT2D eigenvalue weighted by Gasteiger charge is -2.11. The number of hydrogen-bond acceptors (Lipinski definition) is 5. The van der Waals surface area contributed by atoms with E-state index in [9.17, 15) is 14.4 Å². The fraction of sp³-hybridized carbons (Fsp3) is 0.250. The van der Waals surface area contributed by atoms with Crippen LogP contribution in [0.2, 0.25) is 0 Å². The van der Waals surface area contributed by atoms with Crippen LogP contribution in [0.4, 0.5) is 5.69 Å². The fourth-order valence-corrected chi connectivity index (χ4v) is 2.16. The van der Waals surface area contributed by atoms with Gasteiger partial charge in [0.1, 0.15) is 5.75 Å². The van der Waals surface area contributed by atoms with E-state index in [1.165, 1.54) is 0 Å². The van der Waals surface area contributed by atoms with Crippen LogP contribution in [0.25, 0.3) is 0 Å². The Morgan fingerprint density at radius 3 is 2.37 bits per heavy atom. The molecule has 7 nitrogen and oxygen atoms in total. The number of carbonyl (C=O) groups excluding carboxylic acids is 3. The molecular formula is C20H22N2O5. The van der Waals surface area contributed by atoms with Gasteiger partial charge in [0.25, 0.3) is 5.91 Å².